The van der Waals surface area contributed by atoms with Gasteiger partial charge in [-0.15, -0.1) is 0 Å². The van der Waals surface area contributed by atoms with E-state index in [2.05, 4.69) is 0 Å². The van der Waals surface area contributed by atoms with E-state index in [0.29, 0.717) is 18.4 Å². The summed E-state index contributed by atoms with van der Waals surface area (Å²) in [7, 11) is 0. The van der Waals surface area contributed by atoms with E-state index < -0.39 is 5.97 Å². The Morgan fingerprint density at radius 2 is 1.82 bits per heavy atom. The lowest BCUT2D eigenvalue weighted by Crippen LogP contribution is -2.00. The van der Waals surface area contributed by atoms with Crippen molar-refractivity contribution in [1.82, 2.24) is 0 Å². The monoisotopic (exact) mass is 256 g/mol. The molecular formula is C12H13ClO4. The Kier molecular flexibility index (Phi) is 4.97. The van der Waals surface area contributed by atoms with Crippen molar-refractivity contribution in [2.75, 3.05) is 0 Å². The Hall–Kier alpha value is -1.55. The maximum atomic E-state index is 11.7. The summed E-state index contributed by atoms with van der Waals surface area (Å²) in [5.41, 5.74) is 0.391. The van der Waals surface area contributed by atoms with E-state index in [1.807, 2.05) is 0 Å². The fraction of sp³-hybridized carbons (Fsp3) is 0.333. The molecule has 0 fully saturated rings. The third kappa shape index (κ3) is 4.44. The lowest BCUT2D eigenvalue weighted by molar-refractivity contribution is -0.137. The molecule has 92 valence electrons. The number of rotatable bonds is 6. The van der Waals surface area contributed by atoms with Gasteiger partial charge in [0.1, 0.15) is 5.75 Å². The second-order valence-electron chi connectivity index (χ2n) is 3.69. The number of unbranched alkanes of at least 4 members (excludes halogenated alkanes) is 1. The molecule has 0 aliphatic heterocycles. The van der Waals surface area contributed by atoms with Crippen LogP contribution in [-0.2, 0) is 4.79 Å². The Labute approximate surface area is 104 Å². The molecule has 0 saturated heterocycles. The first kappa shape index (κ1) is 13.5. The fourth-order valence-corrected chi connectivity index (χ4v) is 1.51. The molecule has 0 unspecified atom stereocenters. The molecule has 0 spiro atoms. The van der Waals surface area contributed by atoms with Crippen LogP contribution in [0, 0.1) is 0 Å². The van der Waals surface area contributed by atoms with Gasteiger partial charge in [-0.25, -0.2) is 0 Å². The van der Waals surface area contributed by atoms with Crippen molar-refractivity contribution in [1.29, 1.82) is 0 Å². The maximum Gasteiger partial charge on any atom is 0.303 e. The van der Waals surface area contributed by atoms with Crippen molar-refractivity contribution >= 4 is 23.4 Å². The molecule has 1 aromatic carbocycles. The van der Waals surface area contributed by atoms with Crippen LogP contribution >= 0.6 is 11.6 Å². The third-order valence-corrected chi connectivity index (χ3v) is 2.63. The molecule has 5 heteroatoms. The van der Waals surface area contributed by atoms with Crippen LogP contribution in [0.4, 0.5) is 0 Å². The molecule has 2 N–H and O–H groups in total. The minimum atomic E-state index is -0.860. The first-order valence-corrected chi connectivity index (χ1v) is 5.62. The number of Topliss-reactive ketones (excluding diaryl/α,β-unsaturated/α-hetero) is 1. The van der Waals surface area contributed by atoms with Crippen LogP contribution in [-0.4, -0.2) is 22.0 Å². The molecule has 0 bridgehead atoms. The van der Waals surface area contributed by atoms with Gasteiger partial charge in [0.25, 0.3) is 0 Å². The molecule has 0 atom stereocenters. The first-order chi connectivity index (χ1) is 8.00. The molecule has 0 aliphatic carbocycles. The molecule has 0 radical (unpaired) electrons. The lowest BCUT2D eigenvalue weighted by Gasteiger charge is -2.02. The number of carbonyl (C=O) groups excluding carboxylic acids is 1. The van der Waals surface area contributed by atoms with Crippen molar-refractivity contribution in [2.45, 2.75) is 25.7 Å². The molecule has 0 aliphatic rings. The summed E-state index contributed by atoms with van der Waals surface area (Å²) in [6.45, 7) is 0. The van der Waals surface area contributed by atoms with Gasteiger partial charge in [0.15, 0.2) is 5.78 Å². The Balaban J connectivity index is 2.47. The number of carbonyl (C=O) groups is 2. The Morgan fingerprint density at radius 3 is 2.41 bits per heavy atom. The average molecular weight is 257 g/mol. The molecule has 1 rings (SSSR count). The minimum absolute atomic E-state index is 0.0686. The van der Waals surface area contributed by atoms with Crippen LogP contribution in [0.15, 0.2) is 18.2 Å². The van der Waals surface area contributed by atoms with Crippen molar-refractivity contribution < 1.29 is 19.8 Å². The highest BCUT2D eigenvalue weighted by Crippen LogP contribution is 2.24. The number of benzene rings is 1. The summed E-state index contributed by atoms with van der Waals surface area (Å²) in [5, 5.41) is 18.0. The van der Waals surface area contributed by atoms with Crippen LogP contribution in [0.2, 0.25) is 5.02 Å². The average Bonchev–Trinajstić information content (AvgIpc) is 2.27. The zero-order chi connectivity index (χ0) is 12.8. The normalized spacial score (nSPS) is 10.2. The van der Waals surface area contributed by atoms with Crippen molar-refractivity contribution in [3.63, 3.8) is 0 Å². The summed E-state index contributed by atoms with van der Waals surface area (Å²) in [5.74, 6) is -1.10. The first-order valence-electron chi connectivity index (χ1n) is 5.24. The van der Waals surface area contributed by atoms with Crippen LogP contribution in [0.3, 0.4) is 0 Å². The van der Waals surface area contributed by atoms with Gasteiger partial charge in [-0.2, -0.15) is 0 Å². The third-order valence-electron chi connectivity index (χ3n) is 2.31. The van der Waals surface area contributed by atoms with Gasteiger partial charge >= 0.3 is 5.97 Å². The standard InChI is InChI=1S/C12H13ClO4/c13-9-6-5-8(7-11(9)15)10(14)3-1-2-4-12(16)17/h5-7,15H,1-4H2,(H,16,17). The number of carboxylic acids is 1. The number of carboxylic acid groups (broad SMARTS) is 1. The fourth-order valence-electron chi connectivity index (χ4n) is 1.39. The summed E-state index contributed by atoms with van der Waals surface area (Å²) in [6, 6.07) is 4.32. The SMILES string of the molecule is O=C(O)CCCCC(=O)c1ccc(Cl)c(O)c1. The van der Waals surface area contributed by atoms with Crippen molar-refractivity contribution in [3.8, 4) is 5.75 Å². The molecular weight excluding hydrogens is 244 g/mol. The van der Waals surface area contributed by atoms with Gasteiger partial charge in [-0.1, -0.05) is 11.6 Å². The van der Waals surface area contributed by atoms with E-state index >= 15 is 0 Å². The molecule has 0 saturated carbocycles. The second kappa shape index (κ2) is 6.25. The van der Waals surface area contributed by atoms with E-state index in [9.17, 15) is 14.7 Å². The predicted molar refractivity (Wildman–Crippen MR) is 63.6 cm³/mol. The minimum Gasteiger partial charge on any atom is -0.506 e. The quantitative estimate of drug-likeness (QED) is 0.606. The van der Waals surface area contributed by atoms with Gasteiger partial charge in [-0.3, -0.25) is 9.59 Å². The lowest BCUT2D eigenvalue weighted by atomic mass is 10.0. The smallest absolute Gasteiger partial charge is 0.303 e. The van der Waals surface area contributed by atoms with E-state index in [1.54, 1.807) is 6.07 Å². The van der Waals surface area contributed by atoms with Gasteiger partial charge in [0, 0.05) is 18.4 Å². The van der Waals surface area contributed by atoms with E-state index in [0.717, 1.165) is 0 Å². The number of phenolic OH excluding ortho intramolecular Hbond substituents is 1. The Morgan fingerprint density at radius 1 is 1.18 bits per heavy atom. The van der Waals surface area contributed by atoms with Gasteiger partial charge < -0.3 is 10.2 Å². The summed E-state index contributed by atoms with van der Waals surface area (Å²) in [6.07, 6.45) is 1.34. The van der Waals surface area contributed by atoms with Crippen molar-refractivity contribution in [3.05, 3.63) is 28.8 Å². The van der Waals surface area contributed by atoms with Gasteiger partial charge in [-0.05, 0) is 31.0 Å². The predicted octanol–water partition coefficient (Wildman–Crippen LogP) is 2.87. The van der Waals surface area contributed by atoms with Crippen LogP contribution in [0.1, 0.15) is 36.0 Å². The second-order valence-corrected chi connectivity index (χ2v) is 4.10. The molecule has 4 nitrogen and oxygen atoms in total. The highest BCUT2D eigenvalue weighted by atomic mass is 35.5. The number of hydrogen-bond donors (Lipinski definition) is 2. The largest absolute Gasteiger partial charge is 0.506 e. The molecule has 17 heavy (non-hydrogen) atoms. The summed E-state index contributed by atoms with van der Waals surface area (Å²) in [4.78, 5) is 21.9. The molecule has 0 aromatic heterocycles. The number of halogens is 1. The molecule has 0 amide bonds. The summed E-state index contributed by atoms with van der Waals surface area (Å²) < 4.78 is 0. The number of phenols is 1. The number of ketones is 1. The number of aliphatic carboxylic acids is 1. The van der Waals surface area contributed by atoms with Gasteiger partial charge in [0.2, 0.25) is 0 Å². The number of hydrogen-bond acceptors (Lipinski definition) is 3. The van der Waals surface area contributed by atoms with E-state index in [1.165, 1.54) is 12.1 Å². The van der Waals surface area contributed by atoms with Crippen LogP contribution in [0.25, 0.3) is 0 Å². The van der Waals surface area contributed by atoms with E-state index in [4.69, 9.17) is 16.7 Å². The van der Waals surface area contributed by atoms with Crippen LogP contribution < -0.4 is 0 Å². The molecule has 0 heterocycles. The molecule has 1 aromatic rings. The Bertz CT molecular complexity index is 429. The van der Waals surface area contributed by atoms with Crippen molar-refractivity contribution in [2.24, 2.45) is 0 Å². The zero-order valence-corrected chi connectivity index (χ0v) is 9.91. The highest BCUT2D eigenvalue weighted by Gasteiger charge is 2.08. The van der Waals surface area contributed by atoms with Crippen LogP contribution in [0.5, 0.6) is 5.75 Å². The maximum absolute atomic E-state index is 11.7. The zero-order valence-electron chi connectivity index (χ0n) is 9.15. The number of aromatic hydroxyl groups is 1. The topological polar surface area (TPSA) is 74.6 Å². The van der Waals surface area contributed by atoms with Gasteiger partial charge in [0.05, 0.1) is 5.02 Å². The highest BCUT2D eigenvalue weighted by molar-refractivity contribution is 6.32. The van der Waals surface area contributed by atoms with E-state index in [-0.39, 0.29) is 29.4 Å². The summed E-state index contributed by atoms with van der Waals surface area (Å²) >= 11 is 5.62.